The fourth-order valence-corrected chi connectivity index (χ4v) is 2.07. The van der Waals surface area contributed by atoms with E-state index in [4.69, 9.17) is 0 Å². The highest BCUT2D eigenvalue weighted by molar-refractivity contribution is 5.92. The molecule has 2 aromatic carbocycles. The Morgan fingerprint density at radius 1 is 1.19 bits per heavy atom. The van der Waals surface area contributed by atoms with Gasteiger partial charge in [0.1, 0.15) is 5.82 Å². The molecule has 0 saturated carbocycles. The standard InChI is InChI=1S/C17H19FN2O/c1-12-5-3-6-14(9-12)13(2)19-11-17(21)20-16-8-4-7-15(18)10-16/h3-10,13,19H,11H2,1-2H3,(H,20,21)/t13-/m0/s1. The van der Waals surface area contributed by atoms with Gasteiger partial charge in [0.2, 0.25) is 5.91 Å². The molecule has 0 saturated heterocycles. The lowest BCUT2D eigenvalue weighted by Crippen LogP contribution is -2.30. The quantitative estimate of drug-likeness (QED) is 0.884. The lowest BCUT2D eigenvalue weighted by Gasteiger charge is -2.14. The summed E-state index contributed by atoms with van der Waals surface area (Å²) in [6, 6.07) is 14.1. The van der Waals surface area contributed by atoms with Crippen LogP contribution in [0.25, 0.3) is 0 Å². The lowest BCUT2D eigenvalue weighted by atomic mass is 10.1. The van der Waals surface area contributed by atoms with Gasteiger partial charge < -0.3 is 10.6 Å². The molecule has 1 amide bonds. The van der Waals surface area contributed by atoms with Crippen LogP contribution < -0.4 is 10.6 Å². The number of hydrogen-bond donors (Lipinski definition) is 2. The maximum atomic E-state index is 13.0. The minimum absolute atomic E-state index is 0.0724. The van der Waals surface area contributed by atoms with Gasteiger partial charge in [-0.25, -0.2) is 4.39 Å². The first-order valence-corrected chi connectivity index (χ1v) is 6.90. The summed E-state index contributed by atoms with van der Waals surface area (Å²) in [5, 5.41) is 5.81. The Kier molecular flexibility index (Phi) is 5.06. The summed E-state index contributed by atoms with van der Waals surface area (Å²) < 4.78 is 13.0. The van der Waals surface area contributed by atoms with E-state index in [-0.39, 0.29) is 24.3 Å². The van der Waals surface area contributed by atoms with Crippen LogP contribution in [0.2, 0.25) is 0 Å². The molecule has 0 aromatic heterocycles. The topological polar surface area (TPSA) is 41.1 Å². The molecule has 0 spiro atoms. The summed E-state index contributed by atoms with van der Waals surface area (Å²) in [4.78, 5) is 11.8. The smallest absolute Gasteiger partial charge is 0.238 e. The summed E-state index contributed by atoms with van der Waals surface area (Å²) >= 11 is 0. The number of nitrogens with one attached hydrogen (secondary N) is 2. The third-order valence-electron chi connectivity index (χ3n) is 3.22. The molecule has 0 fully saturated rings. The van der Waals surface area contributed by atoms with Crippen molar-refractivity contribution in [3.63, 3.8) is 0 Å². The van der Waals surface area contributed by atoms with Crippen molar-refractivity contribution in [2.24, 2.45) is 0 Å². The lowest BCUT2D eigenvalue weighted by molar-refractivity contribution is -0.115. The van der Waals surface area contributed by atoms with Gasteiger partial charge >= 0.3 is 0 Å². The minimum atomic E-state index is -0.367. The Hall–Kier alpha value is -2.20. The van der Waals surface area contributed by atoms with E-state index in [0.29, 0.717) is 5.69 Å². The maximum absolute atomic E-state index is 13.0. The molecule has 2 rings (SSSR count). The number of aryl methyl sites for hydroxylation is 1. The number of rotatable bonds is 5. The molecule has 0 bridgehead atoms. The first-order chi connectivity index (χ1) is 10.0. The zero-order chi connectivity index (χ0) is 15.2. The highest BCUT2D eigenvalue weighted by Gasteiger charge is 2.08. The summed E-state index contributed by atoms with van der Waals surface area (Å²) in [5.74, 6) is -0.561. The third kappa shape index (κ3) is 4.68. The Bertz CT molecular complexity index is 628. The van der Waals surface area contributed by atoms with Crippen LogP contribution in [0.3, 0.4) is 0 Å². The zero-order valence-electron chi connectivity index (χ0n) is 12.2. The van der Waals surface area contributed by atoms with Gasteiger partial charge in [0, 0.05) is 11.7 Å². The van der Waals surface area contributed by atoms with Crippen LogP contribution >= 0.6 is 0 Å². The van der Waals surface area contributed by atoms with Crippen LogP contribution in [-0.2, 0) is 4.79 Å². The second-order valence-corrected chi connectivity index (χ2v) is 5.08. The van der Waals surface area contributed by atoms with Gasteiger partial charge in [-0.15, -0.1) is 0 Å². The average molecular weight is 286 g/mol. The average Bonchev–Trinajstić information content (AvgIpc) is 2.45. The predicted octanol–water partition coefficient (Wildman–Crippen LogP) is 3.42. The number of halogens is 1. The number of carbonyl (C=O) groups excluding carboxylic acids is 1. The highest BCUT2D eigenvalue weighted by atomic mass is 19.1. The van der Waals surface area contributed by atoms with Gasteiger partial charge in [-0.3, -0.25) is 4.79 Å². The van der Waals surface area contributed by atoms with E-state index in [0.717, 1.165) is 5.56 Å². The summed E-state index contributed by atoms with van der Waals surface area (Å²) in [7, 11) is 0. The van der Waals surface area contributed by atoms with Gasteiger partial charge in [0.25, 0.3) is 0 Å². The molecule has 3 nitrogen and oxygen atoms in total. The van der Waals surface area contributed by atoms with Crippen molar-refractivity contribution in [2.75, 3.05) is 11.9 Å². The van der Waals surface area contributed by atoms with E-state index in [2.05, 4.69) is 16.7 Å². The monoisotopic (exact) mass is 286 g/mol. The molecule has 0 aliphatic heterocycles. The summed E-state index contributed by atoms with van der Waals surface area (Å²) in [6.45, 7) is 4.21. The van der Waals surface area contributed by atoms with Crippen LogP contribution in [0.1, 0.15) is 24.1 Å². The van der Waals surface area contributed by atoms with Crippen LogP contribution in [0.4, 0.5) is 10.1 Å². The molecular weight excluding hydrogens is 267 g/mol. The van der Waals surface area contributed by atoms with Crippen molar-refractivity contribution < 1.29 is 9.18 Å². The Labute approximate surface area is 124 Å². The molecular formula is C17H19FN2O. The van der Waals surface area contributed by atoms with Crippen LogP contribution in [-0.4, -0.2) is 12.5 Å². The molecule has 2 N–H and O–H groups in total. The fourth-order valence-electron chi connectivity index (χ4n) is 2.07. The van der Waals surface area contributed by atoms with E-state index >= 15 is 0 Å². The molecule has 2 aromatic rings. The second-order valence-electron chi connectivity index (χ2n) is 5.08. The first kappa shape index (κ1) is 15.2. The number of amides is 1. The molecule has 4 heteroatoms. The van der Waals surface area contributed by atoms with Crippen molar-refractivity contribution in [3.05, 3.63) is 65.5 Å². The highest BCUT2D eigenvalue weighted by Crippen LogP contribution is 2.13. The van der Waals surface area contributed by atoms with E-state index in [1.54, 1.807) is 12.1 Å². The molecule has 110 valence electrons. The van der Waals surface area contributed by atoms with Gasteiger partial charge in [0.05, 0.1) is 6.54 Å². The van der Waals surface area contributed by atoms with Crippen molar-refractivity contribution in [1.29, 1.82) is 0 Å². The van der Waals surface area contributed by atoms with E-state index in [1.807, 2.05) is 32.0 Å². The molecule has 1 atom stereocenters. The van der Waals surface area contributed by atoms with E-state index < -0.39 is 0 Å². The van der Waals surface area contributed by atoms with Gasteiger partial charge in [-0.05, 0) is 37.6 Å². The van der Waals surface area contributed by atoms with Crippen molar-refractivity contribution in [1.82, 2.24) is 5.32 Å². The van der Waals surface area contributed by atoms with Crippen molar-refractivity contribution in [3.8, 4) is 0 Å². The van der Waals surface area contributed by atoms with Crippen LogP contribution in [0, 0.1) is 12.7 Å². The van der Waals surface area contributed by atoms with Gasteiger partial charge in [-0.2, -0.15) is 0 Å². The largest absolute Gasteiger partial charge is 0.325 e. The third-order valence-corrected chi connectivity index (χ3v) is 3.22. The zero-order valence-corrected chi connectivity index (χ0v) is 12.2. The Balaban J connectivity index is 1.86. The fraction of sp³-hybridized carbons (Fsp3) is 0.235. The molecule has 21 heavy (non-hydrogen) atoms. The summed E-state index contributed by atoms with van der Waals surface area (Å²) in [5.41, 5.74) is 2.78. The number of anilines is 1. The van der Waals surface area contributed by atoms with Crippen molar-refractivity contribution in [2.45, 2.75) is 19.9 Å². The van der Waals surface area contributed by atoms with Crippen LogP contribution in [0.5, 0.6) is 0 Å². The van der Waals surface area contributed by atoms with Crippen LogP contribution in [0.15, 0.2) is 48.5 Å². The second kappa shape index (κ2) is 6.99. The normalized spacial score (nSPS) is 12.0. The van der Waals surface area contributed by atoms with Gasteiger partial charge in [0.15, 0.2) is 0 Å². The first-order valence-electron chi connectivity index (χ1n) is 6.90. The van der Waals surface area contributed by atoms with E-state index in [1.165, 1.54) is 17.7 Å². The van der Waals surface area contributed by atoms with Gasteiger partial charge in [-0.1, -0.05) is 35.9 Å². The number of benzene rings is 2. The molecule has 0 aliphatic carbocycles. The molecule has 0 heterocycles. The maximum Gasteiger partial charge on any atom is 0.238 e. The molecule has 0 aliphatic rings. The summed E-state index contributed by atoms with van der Waals surface area (Å²) in [6.07, 6.45) is 0. The predicted molar refractivity (Wildman–Crippen MR) is 82.6 cm³/mol. The SMILES string of the molecule is Cc1cccc([C@H](C)NCC(=O)Nc2cccc(F)c2)c1. The Morgan fingerprint density at radius 3 is 2.67 bits per heavy atom. The number of carbonyl (C=O) groups is 1. The molecule has 0 radical (unpaired) electrons. The van der Waals surface area contributed by atoms with E-state index in [9.17, 15) is 9.18 Å². The Morgan fingerprint density at radius 2 is 1.95 bits per heavy atom. The number of hydrogen-bond acceptors (Lipinski definition) is 2. The molecule has 0 unspecified atom stereocenters. The minimum Gasteiger partial charge on any atom is -0.325 e. The van der Waals surface area contributed by atoms with Crippen molar-refractivity contribution >= 4 is 11.6 Å².